The van der Waals surface area contributed by atoms with Gasteiger partial charge in [-0.3, -0.25) is 0 Å². The molecule has 0 radical (unpaired) electrons. The van der Waals surface area contributed by atoms with Gasteiger partial charge in [0, 0.05) is 23.9 Å². The molecule has 29 heavy (non-hydrogen) atoms. The molecule has 0 atom stereocenters. The summed E-state index contributed by atoms with van der Waals surface area (Å²) in [7, 11) is 3.65. The highest BCUT2D eigenvalue weighted by molar-refractivity contribution is 6.07. The predicted molar refractivity (Wildman–Crippen MR) is 122 cm³/mol. The van der Waals surface area contributed by atoms with Crippen LogP contribution in [0.5, 0.6) is 5.75 Å². The number of rotatable bonds is 3. The van der Waals surface area contributed by atoms with Crippen molar-refractivity contribution in [3.8, 4) is 5.75 Å². The van der Waals surface area contributed by atoms with Crippen molar-refractivity contribution in [2.24, 2.45) is 10.7 Å². The lowest BCUT2D eigenvalue weighted by molar-refractivity contribution is 0.420. The van der Waals surface area contributed by atoms with Gasteiger partial charge in [-0.2, -0.15) is 0 Å². The number of aliphatic imine (C=N–C) groups is 1. The largest absolute Gasteiger partial charge is 0.496 e. The highest BCUT2D eigenvalue weighted by Gasteiger charge is 2.18. The van der Waals surface area contributed by atoms with Crippen LogP contribution in [0.15, 0.2) is 71.7 Å². The van der Waals surface area contributed by atoms with Crippen LogP contribution in [0.1, 0.15) is 11.1 Å². The molecule has 0 saturated carbocycles. The third-order valence-corrected chi connectivity index (χ3v) is 5.83. The van der Waals surface area contributed by atoms with Gasteiger partial charge in [0.15, 0.2) is 0 Å². The van der Waals surface area contributed by atoms with Crippen molar-refractivity contribution in [3.63, 3.8) is 0 Å². The van der Waals surface area contributed by atoms with Gasteiger partial charge in [0.1, 0.15) is 5.75 Å². The number of methoxy groups -OCH3 is 1. The molecule has 5 rings (SSSR count). The third kappa shape index (κ3) is 2.88. The minimum atomic E-state index is 0.445. The number of ether oxygens (including phenoxy) is 1. The molecule has 4 aromatic rings. The van der Waals surface area contributed by atoms with E-state index in [2.05, 4.69) is 36.4 Å². The smallest absolute Gasteiger partial charge is 0.200 e. The van der Waals surface area contributed by atoms with Crippen molar-refractivity contribution in [1.29, 1.82) is 0 Å². The number of hydrogen-bond donors (Lipinski definition) is 1. The molecule has 0 aromatic heterocycles. The van der Waals surface area contributed by atoms with Gasteiger partial charge in [0.05, 0.1) is 18.5 Å². The highest BCUT2D eigenvalue weighted by atomic mass is 16.5. The Hall–Kier alpha value is -3.53. The standard InChI is InChI=1S/C25H23N3O/c1-28(22-13-12-17-11-10-16-7-5-9-21(22)24(16)17)25(26)27-19-14-18-6-3-4-8-20(18)23(15-19)29-2/h3-9,12-15H,10-11H2,1-2H3,(H2,26,27). The number of aryl methyl sites for hydroxylation is 2. The summed E-state index contributed by atoms with van der Waals surface area (Å²) < 4.78 is 5.56. The second kappa shape index (κ2) is 6.82. The van der Waals surface area contributed by atoms with Crippen LogP contribution < -0.4 is 15.4 Å². The van der Waals surface area contributed by atoms with Crippen LogP contribution in [-0.2, 0) is 12.8 Å². The van der Waals surface area contributed by atoms with Crippen LogP contribution in [0, 0.1) is 0 Å². The summed E-state index contributed by atoms with van der Waals surface area (Å²) in [5.74, 6) is 1.24. The van der Waals surface area contributed by atoms with Gasteiger partial charge in [-0.05, 0) is 46.9 Å². The Bertz CT molecular complexity index is 1270. The minimum absolute atomic E-state index is 0.445. The summed E-state index contributed by atoms with van der Waals surface area (Å²) in [6.45, 7) is 0. The topological polar surface area (TPSA) is 50.9 Å². The number of fused-ring (bicyclic) bond motifs is 1. The molecule has 4 aromatic carbocycles. The highest BCUT2D eigenvalue weighted by Crippen LogP contribution is 2.36. The maximum absolute atomic E-state index is 6.43. The molecule has 0 bridgehead atoms. The Kier molecular flexibility index (Phi) is 4.13. The fraction of sp³-hybridized carbons (Fsp3) is 0.160. The van der Waals surface area contributed by atoms with Crippen LogP contribution >= 0.6 is 0 Å². The zero-order valence-corrected chi connectivity index (χ0v) is 16.6. The molecule has 0 spiro atoms. The minimum Gasteiger partial charge on any atom is -0.496 e. The van der Waals surface area contributed by atoms with E-state index >= 15 is 0 Å². The van der Waals surface area contributed by atoms with E-state index < -0.39 is 0 Å². The van der Waals surface area contributed by atoms with Gasteiger partial charge < -0.3 is 15.4 Å². The van der Waals surface area contributed by atoms with E-state index in [1.165, 1.54) is 21.9 Å². The van der Waals surface area contributed by atoms with E-state index in [9.17, 15) is 0 Å². The fourth-order valence-electron chi connectivity index (χ4n) is 4.35. The number of anilines is 1. The van der Waals surface area contributed by atoms with E-state index in [1.54, 1.807) is 7.11 Å². The van der Waals surface area contributed by atoms with Gasteiger partial charge in [-0.25, -0.2) is 4.99 Å². The van der Waals surface area contributed by atoms with Crippen molar-refractivity contribution >= 4 is 38.9 Å². The average Bonchev–Trinajstić information content (AvgIpc) is 3.18. The van der Waals surface area contributed by atoms with Crippen molar-refractivity contribution in [2.75, 3.05) is 19.1 Å². The van der Waals surface area contributed by atoms with E-state index in [0.717, 1.165) is 40.7 Å². The van der Waals surface area contributed by atoms with Crippen LogP contribution in [-0.4, -0.2) is 20.1 Å². The first kappa shape index (κ1) is 17.6. The Morgan fingerprint density at radius 2 is 1.69 bits per heavy atom. The van der Waals surface area contributed by atoms with E-state index in [4.69, 9.17) is 15.5 Å². The van der Waals surface area contributed by atoms with E-state index in [-0.39, 0.29) is 0 Å². The van der Waals surface area contributed by atoms with Crippen LogP contribution in [0.25, 0.3) is 21.5 Å². The van der Waals surface area contributed by atoms with Crippen LogP contribution in [0.3, 0.4) is 0 Å². The Balaban J connectivity index is 1.58. The molecule has 1 aliphatic rings. The quantitative estimate of drug-likeness (QED) is 0.393. The van der Waals surface area contributed by atoms with Crippen molar-refractivity contribution in [1.82, 2.24) is 0 Å². The molecule has 0 amide bonds. The lowest BCUT2D eigenvalue weighted by atomic mass is 10.0. The number of hydrogen-bond acceptors (Lipinski definition) is 2. The molecule has 0 aliphatic heterocycles. The number of nitrogens with two attached hydrogens (primary N) is 1. The first-order chi connectivity index (χ1) is 14.2. The van der Waals surface area contributed by atoms with Gasteiger partial charge in [0.2, 0.25) is 5.96 Å². The molecular formula is C25H23N3O. The maximum Gasteiger partial charge on any atom is 0.200 e. The van der Waals surface area contributed by atoms with Gasteiger partial charge in [0.25, 0.3) is 0 Å². The molecule has 4 heteroatoms. The van der Waals surface area contributed by atoms with E-state index in [0.29, 0.717) is 5.96 Å². The van der Waals surface area contributed by atoms with Gasteiger partial charge >= 0.3 is 0 Å². The molecule has 0 saturated heterocycles. The van der Waals surface area contributed by atoms with E-state index in [1.807, 2.05) is 42.3 Å². The van der Waals surface area contributed by atoms with Crippen molar-refractivity contribution < 1.29 is 4.74 Å². The second-order valence-corrected chi connectivity index (χ2v) is 7.48. The number of guanidine groups is 1. The monoisotopic (exact) mass is 381 g/mol. The Labute approximate surface area is 170 Å². The molecule has 4 nitrogen and oxygen atoms in total. The number of benzene rings is 4. The molecule has 0 unspecified atom stereocenters. The molecule has 0 heterocycles. The van der Waals surface area contributed by atoms with Gasteiger partial charge in [-0.15, -0.1) is 0 Å². The second-order valence-electron chi connectivity index (χ2n) is 7.48. The van der Waals surface area contributed by atoms with Crippen molar-refractivity contribution in [3.05, 3.63) is 77.9 Å². The zero-order chi connectivity index (χ0) is 20.0. The van der Waals surface area contributed by atoms with Crippen LogP contribution in [0.4, 0.5) is 11.4 Å². The average molecular weight is 381 g/mol. The first-order valence-corrected chi connectivity index (χ1v) is 9.84. The van der Waals surface area contributed by atoms with Gasteiger partial charge in [-0.1, -0.05) is 48.5 Å². The molecule has 0 fully saturated rings. The lowest BCUT2D eigenvalue weighted by Crippen LogP contribution is -2.33. The van der Waals surface area contributed by atoms with Crippen molar-refractivity contribution in [2.45, 2.75) is 12.8 Å². The fourth-order valence-corrected chi connectivity index (χ4v) is 4.35. The third-order valence-electron chi connectivity index (χ3n) is 5.83. The first-order valence-electron chi connectivity index (χ1n) is 9.84. The molecule has 1 aliphatic carbocycles. The summed E-state index contributed by atoms with van der Waals surface area (Å²) >= 11 is 0. The molecule has 144 valence electrons. The zero-order valence-electron chi connectivity index (χ0n) is 16.6. The maximum atomic E-state index is 6.43. The Morgan fingerprint density at radius 1 is 0.931 bits per heavy atom. The summed E-state index contributed by atoms with van der Waals surface area (Å²) in [5.41, 5.74) is 11.1. The normalized spacial score (nSPS) is 13.2. The summed E-state index contributed by atoms with van der Waals surface area (Å²) in [4.78, 5) is 6.66. The predicted octanol–water partition coefficient (Wildman–Crippen LogP) is 5.18. The summed E-state index contributed by atoms with van der Waals surface area (Å²) in [5, 5.41) is 4.74. The number of nitrogens with zero attached hydrogens (tertiary/aromatic N) is 2. The van der Waals surface area contributed by atoms with Crippen LogP contribution in [0.2, 0.25) is 0 Å². The summed E-state index contributed by atoms with van der Waals surface area (Å²) in [6.07, 6.45) is 2.22. The molecule has 2 N–H and O–H groups in total. The lowest BCUT2D eigenvalue weighted by Gasteiger charge is -2.21. The SMILES string of the molecule is COc1cc(N=C(N)N(C)c2ccc3c4c(cccc24)CC3)cc2ccccc12. The molecular weight excluding hydrogens is 358 g/mol. The Morgan fingerprint density at radius 3 is 2.52 bits per heavy atom. The summed E-state index contributed by atoms with van der Waals surface area (Å²) in [6, 6.07) is 23.0.